The fourth-order valence-corrected chi connectivity index (χ4v) is 3.27. The Bertz CT molecular complexity index is 840. The number of hydrogen-bond acceptors (Lipinski definition) is 3. The maximum Gasteiger partial charge on any atom is 0.139 e. The first-order chi connectivity index (χ1) is 11.2. The SMILES string of the molecule is COC1CCN(c2ccn3cc(-c4cccc(C)c4)nc3c2)C1. The van der Waals surface area contributed by atoms with Crippen molar-refractivity contribution in [2.24, 2.45) is 0 Å². The number of ether oxygens (including phenoxy) is 1. The van der Waals surface area contributed by atoms with Gasteiger partial charge in [-0.1, -0.05) is 23.8 Å². The first kappa shape index (κ1) is 14.3. The summed E-state index contributed by atoms with van der Waals surface area (Å²) < 4.78 is 7.55. The Morgan fingerprint density at radius 1 is 1.22 bits per heavy atom. The predicted octanol–water partition coefficient (Wildman–Crippen LogP) is 3.53. The monoisotopic (exact) mass is 307 g/mol. The quantitative estimate of drug-likeness (QED) is 0.741. The van der Waals surface area contributed by atoms with Crippen LogP contribution in [0.5, 0.6) is 0 Å². The molecule has 1 aliphatic heterocycles. The first-order valence-electron chi connectivity index (χ1n) is 8.06. The number of hydrogen-bond donors (Lipinski definition) is 0. The molecule has 0 amide bonds. The summed E-state index contributed by atoms with van der Waals surface area (Å²) in [6.07, 6.45) is 5.62. The average Bonchev–Trinajstić information content (AvgIpc) is 3.20. The van der Waals surface area contributed by atoms with Gasteiger partial charge in [-0.2, -0.15) is 0 Å². The molecule has 0 N–H and O–H groups in total. The molecule has 3 aromatic rings. The highest BCUT2D eigenvalue weighted by Crippen LogP contribution is 2.25. The Labute approximate surface area is 136 Å². The third kappa shape index (κ3) is 2.70. The molecular formula is C19H21N3O. The van der Waals surface area contributed by atoms with E-state index in [1.807, 2.05) is 0 Å². The normalized spacial score (nSPS) is 18.0. The van der Waals surface area contributed by atoms with Crippen LogP contribution in [0.4, 0.5) is 5.69 Å². The lowest BCUT2D eigenvalue weighted by atomic mass is 10.1. The number of pyridine rings is 1. The van der Waals surface area contributed by atoms with Crippen molar-refractivity contribution in [2.75, 3.05) is 25.1 Å². The van der Waals surface area contributed by atoms with Gasteiger partial charge in [0.05, 0.1) is 11.8 Å². The van der Waals surface area contributed by atoms with E-state index < -0.39 is 0 Å². The minimum Gasteiger partial charge on any atom is -0.380 e. The van der Waals surface area contributed by atoms with E-state index >= 15 is 0 Å². The molecule has 0 bridgehead atoms. The van der Waals surface area contributed by atoms with Gasteiger partial charge in [-0.25, -0.2) is 4.98 Å². The van der Waals surface area contributed by atoms with Crippen LogP contribution >= 0.6 is 0 Å². The number of aryl methyl sites for hydroxylation is 1. The van der Waals surface area contributed by atoms with Gasteiger partial charge in [-0.05, 0) is 25.5 Å². The van der Waals surface area contributed by atoms with Gasteiger partial charge in [0.1, 0.15) is 5.65 Å². The van der Waals surface area contributed by atoms with Crippen molar-refractivity contribution >= 4 is 11.3 Å². The van der Waals surface area contributed by atoms with E-state index in [4.69, 9.17) is 9.72 Å². The van der Waals surface area contributed by atoms with Gasteiger partial charge in [0.25, 0.3) is 0 Å². The molecule has 0 spiro atoms. The minimum absolute atomic E-state index is 0.342. The lowest BCUT2D eigenvalue weighted by Crippen LogP contribution is -2.22. The maximum absolute atomic E-state index is 5.46. The van der Waals surface area contributed by atoms with Crippen molar-refractivity contribution in [3.8, 4) is 11.3 Å². The molecule has 1 fully saturated rings. The number of nitrogens with zero attached hydrogens (tertiary/aromatic N) is 3. The summed E-state index contributed by atoms with van der Waals surface area (Å²) in [6, 6.07) is 12.8. The summed E-state index contributed by atoms with van der Waals surface area (Å²) in [6.45, 7) is 4.11. The van der Waals surface area contributed by atoms with Crippen LogP contribution in [0.1, 0.15) is 12.0 Å². The van der Waals surface area contributed by atoms with Crippen LogP contribution in [0.15, 0.2) is 48.8 Å². The molecule has 2 aromatic heterocycles. The summed E-state index contributed by atoms with van der Waals surface area (Å²) >= 11 is 0. The molecular weight excluding hydrogens is 286 g/mol. The molecule has 1 atom stereocenters. The number of anilines is 1. The molecule has 23 heavy (non-hydrogen) atoms. The molecule has 118 valence electrons. The number of imidazole rings is 1. The number of fused-ring (bicyclic) bond motifs is 1. The van der Waals surface area contributed by atoms with Crippen LogP contribution in [0.3, 0.4) is 0 Å². The summed E-state index contributed by atoms with van der Waals surface area (Å²) in [4.78, 5) is 7.17. The van der Waals surface area contributed by atoms with Crippen molar-refractivity contribution in [1.29, 1.82) is 0 Å². The number of aromatic nitrogens is 2. The fourth-order valence-electron chi connectivity index (χ4n) is 3.27. The van der Waals surface area contributed by atoms with Crippen LogP contribution in [-0.4, -0.2) is 35.7 Å². The highest BCUT2D eigenvalue weighted by Gasteiger charge is 2.22. The third-order valence-electron chi connectivity index (χ3n) is 4.60. The summed E-state index contributed by atoms with van der Waals surface area (Å²) in [7, 11) is 1.79. The lowest BCUT2D eigenvalue weighted by Gasteiger charge is -2.18. The summed E-state index contributed by atoms with van der Waals surface area (Å²) in [5.41, 5.74) is 5.64. The number of rotatable bonds is 3. The molecule has 1 aromatic carbocycles. The predicted molar refractivity (Wildman–Crippen MR) is 93.0 cm³/mol. The van der Waals surface area contributed by atoms with Gasteiger partial charge in [0.2, 0.25) is 0 Å². The molecule has 4 heteroatoms. The van der Waals surface area contributed by atoms with Gasteiger partial charge in [0, 0.05) is 49.9 Å². The molecule has 1 saturated heterocycles. The molecule has 0 radical (unpaired) electrons. The van der Waals surface area contributed by atoms with Gasteiger partial charge in [-0.3, -0.25) is 0 Å². The minimum atomic E-state index is 0.342. The van der Waals surface area contributed by atoms with Crippen molar-refractivity contribution in [3.63, 3.8) is 0 Å². The standard InChI is InChI=1S/C19H21N3O/c1-14-4-3-5-15(10-14)18-13-22-8-6-16(11-19(22)20-18)21-9-7-17(12-21)23-2/h3-6,8,10-11,13,17H,7,9,12H2,1-2H3. The number of benzene rings is 1. The Balaban J connectivity index is 1.67. The largest absolute Gasteiger partial charge is 0.380 e. The molecule has 3 heterocycles. The van der Waals surface area contributed by atoms with E-state index in [1.165, 1.54) is 11.3 Å². The first-order valence-corrected chi connectivity index (χ1v) is 8.06. The number of methoxy groups -OCH3 is 1. The molecule has 1 unspecified atom stereocenters. The van der Waals surface area contributed by atoms with Crippen LogP contribution in [0.25, 0.3) is 16.9 Å². The highest BCUT2D eigenvalue weighted by molar-refractivity contribution is 5.66. The average molecular weight is 307 g/mol. The Kier molecular flexibility index (Phi) is 3.54. The molecule has 0 aliphatic carbocycles. The van der Waals surface area contributed by atoms with Crippen LogP contribution < -0.4 is 4.90 Å². The Hall–Kier alpha value is -2.33. The Morgan fingerprint density at radius 2 is 2.13 bits per heavy atom. The highest BCUT2D eigenvalue weighted by atomic mass is 16.5. The smallest absolute Gasteiger partial charge is 0.139 e. The zero-order valence-electron chi connectivity index (χ0n) is 13.6. The van der Waals surface area contributed by atoms with Crippen LogP contribution in [-0.2, 0) is 4.74 Å². The third-order valence-corrected chi connectivity index (χ3v) is 4.60. The van der Waals surface area contributed by atoms with E-state index in [2.05, 4.69) is 65.0 Å². The van der Waals surface area contributed by atoms with Crippen molar-refractivity contribution in [3.05, 3.63) is 54.4 Å². The lowest BCUT2D eigenvalue weighted by molar-refractivity contribution is 0.121. The summed E-state index contributed by atoms with van der Waals surface area (Å²) in [5.74, 6) is 0. The second-order valence-corrected chi connectivity index (χ2v) is 6.24. The molecule has 1 aliphatic rings. The zero-order valence-corrected chi connectivity index (χ0v) is 13.6. The van der Waals surface area contributed by atoms with Gasteiger partial charge in [-0.15, -0.1) is 0 Å². The van der Waals surface area contributed by atoms with E-state index in [1.54, 1.807) is 7.11 Å². The second kappa shape index (κ2) is 5.70. The van der Waals surface area contributed by atoms with E-state index in [-0.39, 0.29) is 0 Å². The second-order valence-electron chi connectivity index (χ2n) is 6.24. The Morgan fingerprint density at radius 3 is 2.91 bits per heavy atom. The maximum atomic E-state index is 5.46. The van der Waals surface area contributed by atoms with Gasteiger partial charge in [0.15, 0.2) is 0 Å². The van der Waals surface area contributed by atoms with E-state index in [0.717, 1.165) is 36.4 Å². The van der Waals surface area contributed by atoms with Crippen molar-refractivity contribution in [2.45, 2.75) is 19.4 Å². The summed E-state index contributed by atoms with van der Waals surface area (Å²) in [5, 5.41) is 0. The zero-order chi connectivity index (χ0) is 15.8. The van der Waals surface area contributed by atoms with E-state index in [9.17, 15) is 0 Å². The molecule has 4 nitrogen and oxygen atoms in total. The van der Waals surface area contributed by atoms with Crippen molar-refractivity contribution in [1.82, 2.24) is 9.38 Å². The van der Waals surface area contributed by atoms with Crippen molar-refractivity contribution < 1.29 is 4.74 Å². The molecule has 0 saturated carbocycles. The van der Waals surface area contributed by atoms with Gasteiger partial charge < -0.3 is 14.0 Å². The van der Waals surface area contributed by atoms with Crippen LogP contribution in [0, 0.1) is 6.92 Å². The topological polar surface area (TPSA) is 29.8 Å². The van der Waals surface area contributed by atoms with E-state index in [0.29, 0.717) is 6.10 Å². The van der Waals surface area contributed by atoms with Gasteiger partial charge >= 0.3 is 0 Å². The van der Waals surface area contributed by atoms with Crippen LogP contribution in [0.2, 0.25) is 0 Å². The molecule has 4 rings (SSSR count). The fraction of sp³-hybridized carbons (Fsp3) is 0.316.